The number of aromatic nitrogens is 3. The molecule has 5 rings (SSSR count). The number of hydrogen-bond acceptors (Lipinski definition) is 4. The molecule has 8 heteroatoms. The molecule has 8 nitrogen and oxygen atoms in total. The average Bonchev–Trinajstić information content (AvgIpc) is 3.28. The highest BCUT2D eigenvalue weighted by Crippen LogP contribution is 2.30. The average molecular weight is 447 g/mol. The van der Waals surface area contributed by atoms with Gasteiger partial charge in [0.15, 0.2) is 0 Å². The minimum atomic E-state index is -0.0866. The Bertz CT molecular complexity index is 1130. The number of hydrogen-bond donors (Lipinski definition) is 1. The van der Waals surface area contributed by atoms with Gasteiger partial charge in [-0.3, -0.25) is 9.78 Å². The maximum absolute atomic E-state index is 13.2. The van der Waals surface area contributed by atoms with E-state index in [1.54, 1.807) is 29.2 Å². The SMILES string of the molecule is CC1CCN(C(=O)c2cnn3ccc(C4CCN(C(=O)Nc5cccnc5)CC4)cc23)CC1. The van der Waals surface area contributed by atoms with Crippen LogP contribution in [0.5, 0.6) is 0 Å². The summed E-state index contributed by atoms with van der Waals surface area (Å²) in [6, 6.07) is 7.76. The normalized spacial score (nSPS) is 18.0. The van der Waals surface area contributed by atoms with Gasteiger partial charge < -0.3 is 15.1 Å². The Labute approximate surface area is 193 Å². The summed E-state index contributed by atoms with van der Waals surface area (Å²) in [5.41, 5.74) is 3.46. The second kappa shape index (κ2) is 9.21. The number of rotatable bonds is 3. The summed E-state index contributed by atoms with van der Waals surface area (Å²) in [6.45, 7) is 5.27. The predicted octanol–water partition coefficient (Wildman–Crippen LogP) is 4.01. The van der Waals surface area contributed by atoms with Gasteiger partial charge in [-0.05, 0) is 67.3 Å². The molecular weight excluding hydrogens is 416 g/mol. The third-order valence-electron chi connectivity index (χ3n) is 7.01. The molecule has 0 aliphatic carbocycles. The standard InChI is InChI=1S/C25H30N6O2/c1-18-4-10-29(11-5-18)24(32)22-17-27-31-14-8-20(15-23(22)31)19-6-12-30(13-7-19)25(33)28-21-3-2-9-26-16-21/h2-3,8-9,14-19H,4-7,10-13H2,1H3,(H,28,33). The molecule has 3 aromatic heterocycles. The van der Waals surface area contributed by atoms with Crippen LogP contribution in [0.25, 0.3) is 5.52 Å². The molecule has 0 saturated carbocycles. The van der Waals surface area contributed by atoms with Gasteiger partial charge in [-0.15, -0.1) is 0 Å². The molecular formula is C25H30N6O2. The lowest BCUT2D eigenvalue weighted by Crippen LogP contribution is -2.40. The van der Waals surface area contributed by atoms with Crippen molar-refractivity contribution in [1.29, 1.82) is 0 Å². The summed E-state index contributed by atoms with van der Waals surface area (Å²) >= 11 is 0. The second-order valence-corrected chi connectivity index (χ2v) is 9.26. The lowest BCUT2D eigenvalue weighted by molar-refractivity contribution is 0.0699. The number of nitrogens with zero attached hydrogens (tertiary/aromatic N) is 5. The first kappa shape index (κ1) is 21.4. The lowest BCUT2D eigenvalue weighted by atomic mass is 9.89. The molecule has 2 fully saturated rings. The van der Waals surface area contributed by atoms with Crippen LogP contribution in [0.15, 0.2) is 49.1 Å². The number of anilines is 1. The van der Waals surface area contributed by atoms with Gasteiger partial charge in [0.25, 0.3) is 5.91 Å². The summed E-state index contributed by atoms with van der Waals surface area (Å²) in [6.07, 6.45) is 10.9. The summed E-state index contributed by atoms with van der Waals surface area (Å²) in [4.78, 5) is 33.6. The maximum Gasteiger partial charge on any atom is 0.321 e. The molecule has 3 amide bonds. The highest BCUT2D eigenvalue weighted by Gasteiger charge is 2.26. The van der Waals surface area contributed by atoms with Crippen molar-refractivity contribution >= 4 is 23.1 Å². The maximum atomic E-state index is 13.2. The van der Waals surface area contributed by atoms with Crippen LogP contribution >= 0.6 is 0 Å². The van der Waals surface area contributed by atoms with E-state index in [-0.39, 0.29) is 11.9 Å². The minimum Gasteiger partial charge on any atom is -0.339 e. The number of carbonyl (C=O) groups is 2. The summed E-state index contributed by atoms with van der Waals surface area (Å²) in [5, 5.41) is 7.33. The minimum absolute atomic E-state index is 0.0796. The lowest BCUT2D eigenvalue weighted by Gasteiger charge is -2.32. The number of pyridine rings is 2. The first-order valence-corrected chi connectivity index (χ1v) is 11.8. The Morgan fingerprint density at radius 2 is 1.76 bits per heavy atom. The van der Waals surface area contributed by atoms with Gasteiger partial charge in [0.2, 0.25) is 0 Å². The van der Waals surface area contributed by atoms with Crippen LogP contribution in [0.3, 0.4) is 0 Å². The van der Waals surface area contributed by atoms with Crippen LogP contribution in [-0.4, -0.2) is 62.5 Å². The summed E-state index contributed by atoms with van der Waals surface area (Å²) in [7, 11) is 0. The second-order valence-electron chi connectivity index (χ2n) is 9.26. The van der Waals surface area contributed by atoms with E-state index in [0.29, 0.717) is 36.2 Å². The Hall–Kier alpha value is -3.42. The first-order chi connectivity index (χ1) is 16.1. The summed E-state index contributed by atoms with van der Waals surface area (Å²) < 4.78 is 1.79. The van der Waals surface area contributed by atoms with Crippen molar-refractivity contribution in [3.63, 3.8) is 0 Å². The molecule has 0 unspecified atom stereocenters. The van der Waals surface area contributed by atoms with E-state index in [1.165, 1.54) is 5.56 Å². The molecule has 1 N–H and O–H groups in total. The van der Waals surface area contributed by atoms with Gasteiger partial charge in [0.1, 0.15) is 0 Å². The van der Waals surface area contributed by atoms with Gasteiger partial charge in [-0.1, -0.05) is 6.92 Å². The fraction of sp³-hybridized carbons (Fsp3) is 0.440. The van der Waals surface area contributed by atoms with Gasteiger partial charge in [-0.2, -0.15) is 5.10 Å². The molecule has 0 radical (unpaired) electrons. The smallest absolute Gasteiger partial charge is 0.321 e. The van der Waals surface area contributed by atoms with E-state index in [4.69, 9.17) is 0 Å². The van der Waals surface area contributed by atoms with Gasteiger partial charge in [-0.25, -0.2) is 9.31 Å². The van der Waals surface area contributed by atoms with Crippen LogP contribution in [-0.2, 0) is 0 Å². The first-order valence-electron chi connectivity index (χ1n) is 11.8. The number of piperidine rings is 2. The van der Waals surface area contributed by atoms with E-state index in [1.807, 2.05) is 22.1 Å². The van der Waals surface area contributed by atoms with Crippen LogP contribution in [0.4, 0.5) is 10.5 Å². The molecule has 0 atom stereocenters. The van der Waals surface area contributed by atoms with Crippen molar-refractivity contribution in [2.45, 2.75) is 38.5 Å². The molecule has 172 valence electrons. The van der Waals surface area contributed by atoms with Crippen molar-refractivity contribution in [3.8, 4) is 0 Å². The van der Waals surface area contributed by atoms with Crippen LogP contribution < -0.4 is 5.32 Å². The third kappa shape index (κ3) is 4.55. The van der Waals surface area contributed by atoms with Crippen molar-refractivity contribution in [1.82, 2.24) is 24.4 Å². The topological polar surface area (TPSA) is 82.8 Å². The molecule has 2 saturated heterocycles. The highest BCUT2D eigenvalue weighted by molar-refractivity contribution is 6.00. The zero-order chi connectivity index (χ0) is 22.8. The number of fused-ring (bicyclic) bond motifs is 1. The number of urea groups is 1. The fourth-order valence-electron chi connectivity index (χ4n) is 4.85. The molecule has 0 aromatic carbocycles. The van der Waals surface area contributed by atoms with E-state index in [2.05, 4.69) is 34.5 Å². The number of nitrogens with one attached hydrogen (secondary N) is 1. The molecule has 3 aromatic rings. The number of amides is 3. The molecule has 2 aliphatic heterocycles. The zero-order valence-electron chi connectivity index (χ0n) is 19.0. The highest BCUT2D eigenvalue weighted by atomic mass is 16.2. The van der Waals surface area contributed by atoms with Crippen LogP contribution in [0.2, 0.25) is 0 Å². The molecule has 0 spiro atoms. The summed E-state index contributed by atoms with van der Waals surface area (Å²) in [5.74, 6) is 1.11. The predicted molar refractivity (Wildman–Crippen MR) is 126 cm³/mol. The van der Waals surface area contributed by atoms with E-state index in [0.717, 1.165) is 44.3 Å². The van der Waals surface area contributed by atoms with Gasteiger partial charge in [0.05, 0.1) is 29.2 Å². The van der Waals surface area contributed by atoms with E-state index < -0.39 is 0 Å². The van der Waals surface area contributed by atoms with E-state index in [9.17, 15) is 9.59 Å². The Morgan fingerprint density at radius 1 is 1.00 bits per heavy atom. The van der Waals surface area contributed by atoms with Crippen molar-refractivity contribution in [2.75, 3.05) is 31.5 Å². The monoisotopic (exact) mass is 446 g/mol. The number of carbonyl (C=O) groups excluding carboxylic acids is 2. The Kier molecular flexibility index (Phi) is 5.98. The van der Waals surface area contributed by atoms with Crippen molar-refractivity contribution in [3.05, 3.63) is 60.2 Å². The van der Waals surface area contributed by atoms with E-state index >= 15 is 0 Å². The molecule has 0 bridgehead atoms. The number of likely N-dealkylation sites (tertiary alicyclic amines) is 2. The van der Waals surface area contributed by atoms with Crippen molar-refractivity contribution < 1.29 is 9.59 Å². The Morgan fingerprint density at radius 3 is 2.48 bits per heavy atom. The Balaban J connectivity index is 1.25. The van der Waals surface area contributed by atoms with Gasteiger partial charge >= 0.3 is 6.03 Å². The zero-order valence-corrected chi connectivity index (χ0v) is 19.0. The molecule has 33 heavy (non-hydrogen) atoms. The van der Waals surface area contributed by atoms with Gasteiger partial charge in [0, 0.05) is 38.6 Å². The van der Waals surface area contributed by atoms with Crippen LogP contribution in [0.1, 0.15) is 54.4 Å². The molecule has 5 heterocycles. The largest absolute Gasteiger partial charge is 0.339 e. The third-order valence-corrected chi connectivity index (χ3v) is 7.01. The quantitative estimate of drug-likeness (QED) is 0.659. The fourth-order valence-corrected chi connectivity index (χ4v) is 4.85. The van der Waals surface area contributed by atoms with Crippen molar-refractivity contribution in [2.24, 2.45) is 5.92 Å². The van der Waals surface area contributed by atoms with Crippen LogP contribution in [0, 0.1) is 5.92 Å². The molecule has 2 aliphatic rings.